The molecule has 0 fully saturated rings. The lowest BCUT2D eigenvalue weighted by Crippen LogP contribution is -2.24. The standard InChI is InChI=1S/C17H16Cl2N2O4/c1-10-5-13(3-4-14(10)19)25-9-16(22)21-20-8-11-6-12(18)7-15(24-2)17(11)23/h3-8,23H,9H2,1-2H3,(H,21,22)/b20-8+. The molecule has 0 saturated heterocycles. The second-order valence-electron chi connectivity index (χ2n) is 5.04. The summed E-state index contributed by atoms with van der Waals surface area (Å²) in [6, 6.07) is 8.05. The number of hydrogen-bond acceptors (Lipinski definition) is 5. The molecule has 0 aromatic heterocycles. The quantitative estimate of drug-likeness (QED) is 0.591. The lowest BCUT2D eigenvalue weighted by atomic mass is 10.2. The van der Waals surface area contributed by atoms with Gasteiger partial charge in [0.25, 0.3) is 5.91 Å². The molecular formula is C17H16Cl2N2O4. The lowest BCUT2D eigenvalue weighted by Gasteiger charge is -2.07. The van der Waals surface area contributed by atoms with Crippen molar-refractivity contribution in [3.05, 3.63) is 51.5 Å². The van der Waals surface area contributed by atoms with Gasteiger partial charge in [-0.05, 0) is 36.8 Å². The van der Waals surface area contributed by atoms with Crippen LogP contribution >= 0.6 is 23.2 Å². The molecule has 0 aliphatic heterocycles. The third kappa shape index (κ3) is 5.27. The van der Waals surface area contributed by atoms with Crippen LogP contribution in [0.3, 0.4) is 0 Å². The van der Waals surface area contributed by atoms with Gasteiger partial charge in [0.2, 0.25) is 0 Å². The number of nitrogens with one attached hydrogen (secondary N) is 1. The van der Waals surface area contributed by atoms with Crippen molar-refractivity contribution in [2.24, 2.45) is 5.10 Å². The monoisotopic (exact) mass is 382 g/mol. The first kappa shape index (κ1) is 18.9. The molecule has 2 aromatic carbocycles. The van der Waals surface area contributed by atoms with Gasteiger partial charge in [0, 0.05) is 21.7 Å². The Morgan fingerprint density at radius 2 is 2.08 bits per heavy atom. The molecule has 0 unspecified atom stereocenters. The third-order valence-corrected chi connectivity index (χ3v) is 3.82. The minimum atomic E-state index is -0.461. The number of hydrogen-bond donors (Lipinski definition) is 2. The van der Waals surface area contributed by atoms with Crippen LogP contribution in [-0.2, 0) is 4.79 Å². The van der Waals surface area contributed by atoms with E-state index in [0.717, 1.165) is 5.56 Å². The maximum atomic E-state index is 11.7. The molecular weight excluding hydrogens is 367 g/mol. The first-order valence-corrected chi connectivity index (χ1v) is 7.93. The highest BCUT2D eigenvalue weighted by atomic mass is 35.5. The van der Waals surface area contributed by atoms with Gasteiger partial charge < -0.3 is 14.6 Å². The average molecular weight is 383 g/mol. The molecule has 8 heteroatoms. The highest BCUT2D eigenvalue weighted by molar-refractivity contribution is 6.31. The van der Waals surface area contributed by atoms with E-state index in [1.807, 2.05) is 6.92 Å². The molecule has 1 amide bonds. The molecule has 0 aliphatic carbocycles. The lowest BCUT2D eigenvalue weighted by molar-refractivity contribution is -0.123. The number of aryl methyl sites for hydroxylation is 1. The number of nitrogens with zero attached hydrogens (tertiary/aromatic N) is 1. The van der Waals surface area contributed by atoms with Crippen molar-refractivity contribution >= 4 is 35.3 Å². The van der Waals surface area contributed by atoms with Crippen LogP contribution in [0.4, 0.5) is 0 Å². The summed E-state index contributed by atoms with van der Waals surface area (Å²) in [5.74, 6) is 0.148. The van der Waals surface area contributed by atoms with Gasteiger partial charge in [0.05, 0.1) is 13.3 Å². The number of aromatic hydroxyl groups is 1. The SMILES string of the molecule is COc1cc(Cl)cc(/C=N/NC(=O)COc2ccc(Cl)c(C)c2)c1O. The molecule has 2 N–H and O–H groups in total. The third-order valence-electron chi connectivity index (χ3n) is 3.18. The number of benzene rings is 2. The number of ether oxygens (including phenoxy) is 2. The molecule has 0 radical (unpaired) electrons. The number of carbonyl (C=O) groups is 1. The maximum Gasteiger partial charge on any atom is 0.277 e. The Balaban J connectivity index is 1.92. The van der Waals surface area contributed by atoms with Crippen molar-refractivity contribution in [1.29, 1.82) is 0 Å². The number of amides is 1. The molecule has 0 heterocycles. The zero-order chi connectivity index (χ0) is 18.4. The summed E-state index contributed by atoms with van der Waals surface area (Å²) in [7, 11) is 1.41. The van der Waals surface area contributed by atoms with Crippen LogP contribution in [0, 0.1) is 6.92 Å². The summed E-state index contributed by atoms with van der Waals surface area (Å²) < 4.78 is 10.3. The predicted octanol–water partition coefficient (Wildman–Crippen LogP) is 3.55. The summed E-state index contributed by atoms with van der Waals surface area (Å²) >= 11 is 11.8. The van der Waals surface area contributed by atoms with Crippen molar-refractivity contribution in [3.63, 3.8) is 0 Å². The molecule has 0 spiro atoms. The fraction of sp³-hybridized carbons (Fsp3) is 0.176. The van der Waals surface area contributed by atoms with Gasteiger partial charge in [-0.1, -0.05) is 23.2 Å². The second kappa shape index (κ2) is 8.60. The highest BCUT2D eigenvalue weighted by Gasteiger charge is 2.09. The van der Waals surface area contributed by atoms with Crippen molar-refractivity contribution < 1.29 is 19.4 Å². The van der Waals surface area contributed by atoms with Crippen LogP contribution in [0.15, 0.2) is 35.4 Å². The Morgan fingerprint density at radius 1 is 1.32 bits per heavy atom. The van der Waals surface area contributed by atoms with Crippen LogP contribution in [0.2, 0.25) is 10.0 Å². The van der Waals surface area contributed by atoms with Gasteiger partial charge >= 0.3 is 0 Å². The van der Waals surface area contributed by atoms with E-state index in [-0.39, 0.29) is 18.1 Å². The molecule has 0 aliphatic rings. The van der Waals surface area contributed by atoms with Crippen LogP contribution in [0.25, 0.3) is 0 Å². The van der Waals surface area contributed by atoms with Crippen LogP contribution < -0.4 is 14.9 Å². The molecule has 6 nitrogen and oxygen atoms in total. The van der Waals surface area contributed by atoms with E-state index in [1.54, 1.807) is 18.2 Å². The number of phenols is 1. The van der Waals surface area contributed by atoms with Gasteiger partial charge in [-0.3, -0.25) is 4.79 Å². The highest BCUT2D eigenvalue weighted by Crippen LogP contribution is 2.32. The summed E-state index contributed by atoms with van der Waals surface area (Å²) in [5.41, 5.74) is 3.45. The predicted molar refractivity (Wildman–Crippen MR) is 97.1 cm³/mol. The smallest absolute Gasteiger partial charge is 0.277 e. The molecule has 2 aromatic rings. The zero-order valence-electron chi connectivity index (χ0n) is 13.5. The number of carbonyl (C=O) groups excluding carboxylic acids is 1. The fourth-order valence-corrected chi connectivity index (χ4v) is 2.24. The molecule has 25 heavy (non-hydrogen) atoms. The van der Waals surface area contributed by atoms with E-state index in [4.69, 9.17) is 32.7 Å². The number of phenolic OH excluding ortho intramolecular Hbond substituents is 1. The van der Waals surface area contributed by atoms with Gasteiger partial charge in [0.1, 0.15) is 5.75 Å². The summed E-state index contributed by atoms with van der Waals surface area (Å²) in [5, 5.41) is 14.7. The number of methoxy groups -OCH3 is 1. The Bertz CT molecular complexity index is 809. The van der Waals surface area contributed by atoms with Crippen molar-refractivity contribution in [1.82, 2.24) is 5.43 Å². The van der Waals surface area contributed by atoms with Gasteiger partial charge in [-0.25, -0.2) is 5.43 Å². The van der Waals surface area contributed by atoms with E-state index in [9.17, 15) is 9.90 Å². The first-order chi connectivity index (χ1) is 11.9. The number of halogens is 2. The molecule has 0 saturated carbocycles. The van der Waals surface area contributed by atoms with E-state index >= 15 is 0 Å². The molecule has 2 rings (SSSR count). The summed E-state index contributed by atoms with van der Waals surface area (Å²) in [6.45, 7) is 1.62. The Hall–Kier alpha value is -2.44. The van der Waals surface area contributed by atoms with E-state index < -0.39 is 5.91 Å². The van der Waals surface area contributed by atoms with E-state index in [0.29, 0.717) is 21.4 Å². The Kier molecular flexibility index (Phi) is 6.50. The molecule has 0 atom stereocenters. The van der Waals surface area contributed by atoms with E-state index in [1.165, 1.54) is 25.5 Å². The van der Waals surface area contributed by atoms with Crippen LogP contribution in [0.1, 0.15) is 11.1 Å². The normalized spacial score (nSPS) is 10.7. The number of hydrazone groups is 1. The van der Waals surface area contributed by atoms with Crippen molar-refractivity contribution in [2.75, 3.05) is 13.7 Å². The first-order valence-electron chi connectivity index (χ1n) is 7.18. The largest absolute Gasteiger partial charge is 0.504 e. The minimum Gasteiger partial charge on any atom is -0.504 e. The molecule has 132 valence electrons. The summed E-state index contributed by atoms with van der Waals surface area (Å²) in [6.07, 6.45) is 1.26. The van der Waals surface area contributed by atoms with Gasteiger partial charge in [-0.15, -0.1) is 0 Å². The van der Waals surface area contributed by atoms with Crippen LogP contribution in [-0.4, -0.2) is 30.9 Å². The number of rotatable bonds is 6. The van der Waals surface area contributed by atoms with Crippen molar-refractivity contribution in [3.8, 4) is 17.2 Å². The minimum absolute atomic E-state index is 0.127. The van der Waals surface area contributed by atoms with Crippen molar-refractivity contribution in [2.45, 2.75) is 6.92 Å². The Labute approximate surface area is 155 Å². The van der Waals surface area contributed by atoms with E-state index in [2.05, 4.69) is 10.5 Å². The van der Waals surface area contributed by atoms with Gasteiger partial charge in [-0.2, -0.15) is 5.10 Å². The average Bonchev–Trinajstić information content (AvgIpc) is 2.58. The zero-order valence-corrected chi connectivity index (χ0v) is 15.1. The maximum absolute atomic E-state index is 11.7. The summed E-state index contributed by atoms with van der Waals surface area (Å²) in [4.78, 5) is 11.7. The van der Waals surface area contributed by atoms with Crippen LogP contribution in [0.5, 0.6) is 17.2 Å². The topological polar surface area (TPSA) is 80.2 Å². The molecule has 0 bridgehead atoms. The Morgan fingerprint density at radius 3 is 2.76 bits per heavy atom. The van der Waals surface area contributed by atoms with Gasteiger partial charge in [0.15, 0.2) is 18.1 Å². The second-order valence-corrected chi connectivity index (χ2v) is 5.88. The fourth-order valence-electron chi connectivity index (χ4n) is 1.91.